The Hall–Kier alpha value is 0.0213. The van der Waals surface area contributed by atoms with E-state index in [1.165, 1.54) is 19.8 Å². The molecule has 0 aliphatic heterocycles. The molecular weight excluding hydrogens is 362 g/mol. The molecule has 0 unspecified atom stereocenters. The van der Waals surface area contributed by atoms with Gasteiger partial charge in [-0.1, -0.05) is 66.7 Å². The van der Waals surface area contributed by atoms with Crippen molar-refractivity contribution in [1.82, 2.24) is 0 Å². The summed E-state index contributed by atoms with van der Waals surface area (Å²) in [5, 5.41) is 6.57. The Kier molecular flexibility index (Phi) is 6.15. The summed E-state index contributed by atoms with van der Waals surface area (Å²) in [7, 11) is 0. The molecule has 0 nitrogen and oxygen atoms in total. The molecule has 4 aromatic rings. The van der Waals surface area contributed by atoms with E-state index in [4.69, 9.17) is 0 Å². The van der Waals surface area contributed by atoms with E-state index >= 15 is 0 Å². The van der Waals surface area contributed by atoms with Gasteiger partial charge < -0.3 is 0 Å². The first kappa shape index (κ1) is 17.8. The first-order valence-electron chi connectivity index (χ1n) is 7.25. The van der Waals surface area contributed by atoms with Gasteiger partial charge in [0.15, 0.2) is 0 Å². The molecular formula is C18H14BKS3. The Morgan fingerprint density at radius 3 is 1.30 bits per heavy atom. The number of rotatable bonds is 4. The minimum atomic E-state index is -1.04. The van der Waals surface area contributed by atoms with Gasteiger partial charge in [0.1, 0.15) is 6.15 Å². The van der Waals surface area contributed by atoms with Crippen LogP contribution in [-0.2, 0) is 0 Å². The van der Waals surface area contributed by atoms with Crippen LogP contribution in [0.3, 0.4) is 0 Å². The summed E-state index contributed by atoms with van der Waals surface area (Å²) in [6.07, 6.45) is -1.04. The van der Waals surface area contributed by atoms with Gasteiger partial charge in [-0.25, -0.2) is 0 Å². The van der Waals surface area contributed by atoms with Crippen molar-refractivity contribution in [3.8, 4) is 0 Å². The van der Waals surface area contributed by atoms with E-state index in [-0.39, 0.29) is 51.4 Å². The smallest absolute Gasteiger partial charge is 0.193 e. The summed E-state index contributed by atoms with van der Waals surface area (Å²) >= 11 is 5.59. The zero-order chi connectivity index (χ0) is 14.8. The van der Waals surface area contributed by atoms with E-state index in [2.05, 4.69) is 82.9 Å². The van der Waals surface area contributed by atoms with Gasteiger partial charge >= 0.3 is 51.4 Å². The zero-order valence-electron chi connectivity index (χ0n) is 12.9. The molecule has 0 radical (unpaired) electrons. The Morgan fingerprint density at radius 1 is 0.522 bits per heavy atom. The maximum absolute atomic E-state index is 2.29. The van der Waals surface area contributed by atoms with Crippen LogP contribution >= 0.6 is 34.0 Å². The van der Waals surface area contributed by atoms with Crippen molar-refractivity contribution in [2.24, 2.45) is 0 Å². The molecule has 0 aliphatic rings. The molecule has 0 saturated carbocycles. The van der Waals surface area contributed by atoms with Gasteiger partial charge in [-0.3, -0.25) is 0 Å². The first-order chi connectivity index (χ1) is 10.9. The molecule has 0 N–H and O–H groups in total. The third-order valence-corrected chi connectivity index (χ3v) is 7.37. The fourth-order valence-electron chi connectivity index (χ4n) is 3.27. The Labute approximate surface area is 191 Å². The van der Waals surface area contributed by atoms with Gasteiger partial charge in [-0.05, 0) is 16.1 Å². The molecule has 0 saturated heterocycles. The van der Waals surface area contributed by atoms with Gasteiger partial charge in [-0.15, -0.1) is 14.3 Å². The number of thiophene rings is 3. The molecule has 4 rings (SSSR count). The molecule has 0 atom stereocenters. The van der Waals surface area contributed by atoms with E-state index in [0.29, 0.717) is 0 Å². The standard InChI is InChI=1S/C18H14BS3.K/c1-2-7-15(8-3-1)19(16-9-4-12-20-16,17-10-5-13-21-17)18-11-6-14-22-18;/h1-14H;/q-1;+1. The van der Waals surface area contributed by atoms with Crippen LogP contribution in [0.1, 0.15) is 0 Å². The molecule has 3 aromatic heterocycles. The van der Waals surface area contributed by atoms with E-state index in [9.17, 15) is 0 Å². The number of hydrogen-bond donors (Lipinski definition) is 0. The molecule has 1 aromatic carbocycles. The molecule has 0 aliphatic carbocycles. The number of hydrogen-bond acceptors (Lipinski definition) is 3. The van der Waals surface area contributed by atoms with Crippen molar-refractivity contribution in [3.05, 3.63) is 82.9 Å². The third-order valence-electron chi connectivity index (χ3n) is 4.21. The van der Waals surface area contributed by atoms with Crippen molar-refractivity contribution < 1.29 is 51.4 Å². The predicted octanol–water partition coefficient (Wildman–Crippen LogP) is 0.253. The van der Waals surface area contributed by atoms with Gasteiger partial charge in [0.05, 0.1) is 0 Å². The summed E-state index contributed by atoms with van der Waals surface area (Å²) in [6, 6.07) is 24.3. The molecule has 108 valence electrons. The fourth-order valence-corrected chi connectivity index (χ4v) is 6.69. The normalized spacial score (nSPS) is 11.1. The summed E-state index contributed by atoms with van der Waals surface area (Å²) in [5.74, 6) is 0. The SMILES string of the molecule is [K+].c1ccc([B-](c2cccs2)(c2cccs2)c2cccs2)cc1. The van der Waals surface area contributed by atoms with E-state index in [0.717, 1.165) is 0 Å². The van der Waals surface area contributed by atoms with Crippen molar-refractivity contribution in [2.75, 3.05) is 0 Å². The maximum Gasteiger partial charge on any atom is 1.00 e. The van der Waals surface area contributed by atoms with Gasteiger partial charge in [-0.2, -0.15) is 39.5 Å². The van der Waals surface area contributed by atoms with Crippen molar-refractivity contribution in [1.29, 1.82) is 0 Å². The maximum atomic E-state index is 2.29. The minimum Gasteiger partial charge on any atom is -0.193 e. The zero-order valence-corrected chi connectivity index (χ0v) is 18.5. The Bertz CT molecular complexity index is 738. The second-order valence-corrected chi connectivity index (χ2v) is 8.26. The van der Waals surface area contributed by atoms with E-state index in [1.54, 1.807) is 0 Å². The van der Waals surface area contributed by atoms with E-state index < -0.39 is 6.15 Å². The predicted molar refractivity (Wildman–Crippen MR) is 104 cm³/mol. The topological polar surface area (TPSA) is 0 Å². The van der Waals surface area contributed by atoms with Crippen LogP contribution in [0, 0.1) is 0 Å². The second kappa shape index (κ2) is 7.93. The van der Waals surface area contributed by atoms with Gasteiger partial charge in [0, 0.05) is 0 Å². The van der Waals surface area contributed by atoms with Crippen LogP contribution in [0.2, 0.25) is 0 Å². The molecule has 23 heavy (non-hydrogen) atoms. The fraction of sp³-hybridized carbons (Fsp3) is 0. The molecule has 0 amide bonds. The van der Waals surface area contributed by atoms with Crippen molar-refractivity contribution in [2.45, 2.75) is 0 Å². The largest absolute Gasteiger partial charge is 1.00 e. The number of benzene rings is 1. The quantitative estimate of drug-likeness (QED) is 0.448. The monoisotopic (exact) mass is 376 g/mol. The minimum absolute atomic E-state index is 0. The van der Waals surface area contributed by atoms with Crippen molar-refractivity contribution in [3.63, 3.8) is 0 Å². The van der Waals surface area contributed by atoms with E-state index in [1.807, 2.05) is 34.0 Å². The Morgan fingerprint density at radius 2 is 0.957 bits per heavy atom. The molecule has 0 spiro atoms. The van der Waals surface area contributed by atoms with Crippen LogP contribution in [0.5, 0.6) is 0 Å². The van der Waals surface area contributed by atoms with Gasteiger partial charge in [0.2, 0.25) is 0 Å². The second-order valence-electron chi connectivity index (χ2n) is 5.32. The van der Waals surface area contributed by atoms with Crippen LogP contribution in [0.15, 0.2) is 82.9 Å². The van der Waals surface area contributed by atoms with Crippen LogP contribution in [0.25, 0.3) is 0 Å². The first-order valence-corrected chi connectivity index (χ1v) is 9.89. The van der Waals surface area contributed by atoms with Crippen LogP contribution in [0.4, 0.5) is 0 Å². The molecule has 5 heteroatoms. The van der Waals surface area contributed by atoms with Crippen LogP contribution < -0.4 is 71.2 Å². The Balaban J connectivity index is 0.00000156. The summed E-state index contributed by atoms with van der Waals surface area (Å²) in [6.45, 7) is 0. The summed E-state index contributed by atoms with van der Waals surface area (Å²) < 4.78 is 4.32. The molecule has 3 heterocycles. The summed E-state index contributed by atoms with van der Waals surface area (Å²) in [5.41, 5.74) is 1.40. The van der Waals surface area contributed by atoms with Crippen LogP contribution in [-0.4, -0.2) is 6.15 Å². The molecule has 0 fully saturated rings. The molecule has 0 bridgehead atoms. The third kappa shape index (κ3) is 3.14. The average molecular weight is 376 g/mol. The average Bonchev–Trinajstić information content (AvgIpc) is 3.34. The summed E-state index contributed by atoms with van der Waals surface area (Å²) in [4.78, 5) is 0. The van der Waals surface area contributed by atoms with Crippen molar-refractivity contribution >= 4 is 59.9 Å². The van der Waals surface area contributed by atoms with Gasteiger partial charge in [0.25, 0.3) is 0 Å².